The Kier molecular flexibility index (Phi) is 3.10. The Morgan fingerprint density at radius 3 is 2.88 bits per heavy atom. The van der Waals surface area contributed by atoms with E-state index in [2.05, 4.69) is 11.2 Å². The SMILES string of the molecule is COc1ccccc1-c1nn(C)cc1CC#N. The fourth-order valence-electron chi connectivity index (χ4n) is 1.82. The van der Waals surface area contributed by atoms with E-state index < -0.39 is 0 Å². The maximum absolute atomic E-state index is 8.81. The minimum atomic E-state index is 0.348. The summed E-state index contributed by atoms with van der Waals surface area (Å²) < 4.78 is 7.03. The molecule has 0 aliphatic heterocycles. The highest BCUT2D eigenvalue weighted by Gasteiger charge is 2.13. The van der Waals surface area contributed by atoms with Gasteiger partial charge in [-0.2, -0.15) is 10.4 Å². The van der Waals surface area contributed by atoms with Crippen LogP contribution in [0.15, 0.2) is 30.5 Å². The molecule has 0 spiro atoms. The zero-order valence-corrected chi connectivity index (χ0v) is 9.84. The number of nitrogens with zero attached hydrogens (tertiary/aromatic N) is 3. The highest BCUT2D eigenvalue weighted by molar-refractivity contribution is 5.70. The minimum absolute atomic E-state index is 0.348. The van der Waals surface area contributed by atoms with E-state index in [9.17, 15) is 0 Å². The van der Waals surface area contributed by atoms with Crippen molar-refractivity contribution in [3.8, 4) is 23.1 Å². The van der Waals surface area contributed by atoms with Crippen molar-refractivity contribution in [3.63, 3.8) is 0 Å². The van der Waals surface area contributed by atoms with E-state index in [0.717, 1.165) is 22.6 Å². The third-order valence-corrected chi connectivity index (χ3v) is 2.54. The van der Waals surface area contributed by atoms with E-state index >= 15 is 0 Å². The van der Waals surface area contributed by atoms with Crippen molar-refractivity contribution in [2.45, 2.75) is 6.42 Å². The Balaban J connectivity index is 2.56. The molecule has 1 aromatic carbocycles. The summed E-state index contributed by atoms with van der Waals surface area (Å²) in [5, 5.41) is 13.2. The molecule has 1 heterocycles. The van der Waals surface area contributed by atoms with Gasteiger partial charge in [-0.25, -0.2) is 0 Å². The van der Waals surface area contributed by atoms with Crippen LogP contribution in [0.25, 0.3) is 11.3 Å². The zero-order chi connectivity index (χ0) is 12.3. The van der Waals surface area contributed by atoms with E-state index in [1.54, 1.807) is 11.8 Å². The van der Waals surface area contributed by atoms with E-state index in [-0.39, 0.29) is 0 Å². The number of para-hydroxylation sites is 1. The standard InChI is InChI=1S/C13H13N3O/c1-16-9-10(7-8-14)13(15-16)11-5-3-4-6-12(11)17-2/h3-6,9H,7H2,1-2H3. The molecule has 0 saturated carbocycles. The highest BCUT2D eigenvalue weighted by Crippen LogP contribution is 2.30. The lowest BCUT2D eigenvalue weighted by molar-refractivity contribution is 0.416. The molecule has 0 amide bonds. The number of hydrogen-bond donors (Lipinski definition) is 0. The van der Waals surface area contributed by atoms with Crippen LogP contribution in [0.3, 0.4) is 0 Å². The molecule has 0 radical (unpaired) electrons. The summed E-state index contributed by atoms with van der Waals surface area (Å²) in [6, 6.07) is 9.83. The van der Waals surface area contributed by atoms with Gasteiger partial charge in [0.15, 0.2) is 0 Å². The molecule has 86 valence electrons. The van der Waals surface area contributed by atoms with Crippen LogP contribution < -0.4 is 4.74 Å². The van der Waals surface area contributed by atoms with Gasteiger partial charge >= 0.3 is 0 Å². The van der Waals surface area contributed by atoms with Gasteiger partial charge in [0.25, 0.3) is 0 Å². The van der Waals surface area contributed by atoms with Gasteiger partial charge in [0.1, 0.15) is 11.4 Å². The molecule has 0 fully saturated rings. The normalized spacial score (nSPS) is 9.94. The smallest absolute Gasteiger partial charge is 0.128 e. The Morgan fingerprint density at radius 2 is 2.18 bits per heavy atom. The molecule has 1 aromatic heterocycles. The first-order valence-electron chi connectivity index (χ1n) is 5.29. The Bertz CT molecular complexity index is 566. The number of hydrogen-bond acceptors (Lipinski definition) is 3. The summed E-state index contributed by atoms with van der Waals surface area (Å²) in [6.45, 7) is 0. The van der Waals surface area contributed by atoms with Gasteiger partial charge in [0.05, 0.1) is 19.6 Å². The molecule has 0 unspecified atom stereocenters. The average Bonchev–Trinajstić information content (AvgIpc) is 2.71. The summed E-state index contributed by atoms with van der Waals surface area (Å²) in [5.41, 5.74) is 2.65. The monoisotopic (exact) mass is 227 g/mol. The summed E-state index contributed by atoms with van der Waals surface area (Å²) in [6.07, 6.45) is 2.21. The molecule has 4 heteroatoms. The minimum Gasteiger partial charge on any atom is -0.496 e. The van der Waals surface area contributed by atoms with Crippen LogP contribution in [-0.4, -0.2) is 16.9 Å². The van der Waals surface area contributed by atoms with E-state index in [0.29, 0.717) is 6.42 Å². The van der Waals surface area contributed by atoms with Crippen LogP contribution in [0.5, 0.6) is 5.75 Å². The van der Waals surface area contributed by atoms with Crippen molar-refractivity contribution < 1.29 is 4.74 Å². The molecule has 0 atom stereocenters. The topological polar surface area (TPSA) is 50.8 Å². The van der Waals surface area contributed by atoms with Crippen molar-refractivity contribution in [2.75, 3.05) is 7.11 Å². The summed E-state index contributed by atoms with van der Waals surface area (Å²) in [4.78, 5) is 0. The van der Waals surface area contributed by atoms with Gasteiger partial charge in [0.2, 0.25) is 0 Å². The van der Waals surface area contributed by atoms with E-state index in [1.165, 1.54) is 0 Å². The second kappa shape index (κ2) is 4.71. The van der Waals surface area contributed by atoms with Crippen LogP contribution in [-0.2, 0) is 13.5 Å². The zero-order valence-electron chi connectivity index (χ0n) is 9.84. The first-order valence-corrected chi connectivity index (χ1v) is 5.29. The lowest BCUT2D eigenvalue weighted by Gasteiger charge is -2.06. The van der Waals surface area contributed by atoms with Gasteiger partial charge in [0, 0.05) is 24.4 Å². The summed E-state index contributed by atoms with van der Waals surface area (Å²) in [7, 11) is 3.48. The second-order valence-electron chi connectivity index (χ2n) is 3.71. The number of aromatic nitrogens is 2. The second-order valence-corrected chi connectivity index (χ2v) is 3.71. The van der Waals surface area contributed by atoms with Gasteiger partial charge in [-0.3, -0.25) is 4.68 Å². The van der Waals surface area contributed by atoms with E-state index in [1.807, 2.05) is 37.5 Å². The molecule has 2 rings (SSSR count). The predicted molar refractivity (Wildman–Crippen MR) is 64.5 cm³/mol. The van der Waals surface area contributed by atoms with Crippen molar-refractivity contribution in [1.82, 2.24) is 9.78 Å². The van der Waals surface area contributed by atoms with Gasteiger partial charge < -0.3 is 4.74 Å². The number of methoxy groups -OCH3 is 1. The Morgan fingerprint density at radius 1 is 1.41 bits per heavy atom. The van der Waals surface area contributed by atoms with Crippen LogP contribution in [0.4, 0.5) is 0 Å². The lowest BCUT2D eigenvalue weighted by atomic mass is 10.1. The van der Waals surface area contributed by atoms with E-state index in [4.69, 9.17) is 10.00 Å². The van der Waals surface area contributed by atoms with Crippen LogP contribution in [0.2, 0.25) is 0 Å². The number of ether oxygens (including phenoxy) is 1. The predicted octanol–water partition coefficient (Wildman–Crippen LogP) is 2.16. The molecule has 17 heavy (non-hydrogen) atoms. The molecule has 2 aromatic rings. The quantitative estimate of drug-likeness (QED) is 0.807. The lowest BCUT2D eigenvalue weighted by Crippen LogP contribution is -1.92. The number of benzene rings is 1. The van der Waals surface area contributed by atoms with Crippen molar-refractivity contribution in [1.29, 1.82) is 5.26 Å². The maximum Gasteiger partial charge on any atom is 0.128 e. The Labute approximate surface area is 100 Å². The highest BCUT2D eigenvalue weighted by atomic mass is 16.5. The first-order chi connectivity index (χ1) is 8.26. The van der Waals surface area contributed by atoms with Gasteiger partial charge in [-0.05, 0) is 12.1 Å². The molecule has 0 aliphatic carbocycles. The van der Waals surface area contributed by atoms with Crippen molar-refractivity contribution in [2.24, 2.45) is 7.05 Å². The summed E-state index contributed by atoms with van der Waals surface area (Å²) >= 11 is 0. The maximum atomic E-state index is 8.81. The first kappa shape index (κ1) is 11.2. The third kappa shape index (κ3) is 2.13. The Hall–Kier alpha value is -2.28. The van der Waals surface area contributed by atoms with Gasteiger partial charge in [-0.15, -0.1) is 0 Å². The summed E-state index contributed by atoms with van der Waals surface area (Å²) in [5.74, 6) is 0.769. The molecular formula is C13H13N3O. The molecule has 0 saturated heterocycles. The number of rotatable bonds is 3. The van der Waals surface area contributed by atoms with Crippen molar-refractivity contribution in [3.05, 3.63) is 36.0 Å². The molecule has 0 aliphatic rings. The largest absolute Gasteiger partial charge is 0.496 e. The van der Waals surface area contributed by atoms with Crippen molar-refractivity contribution >= 4 is 0 Å². The number of nitriles is 1. The fraction of sp³-hybridized carbons (Fsp3) is 0.231. The fourth-order valence-corrected chi connectivity index (χ4v) is 1.82. The average molecular weight is 227 g/mol. The van der Waals surface area contributed by atoms with Crippen LogP contribution in [0, 0.1) is 11.3 Å². The molecule has 4 nitrogen and oxygen atoms in total. The molecular weight excluding hydrogens is 214 g/mol. The third-order valence-electron chi connectivity index (χ3n) is 2.54. The van der Waals surface area contributed by atoms with Gasteiger partial charge in [-0.1, -0.05) is 12.1 Å². The molecule has 0 bridgehead atoms. The number of aryl methyl sites for hydroxylation is 1. The van der Waals surface area contributed by atoms with Crippen LogP contribution in [0.1, 0.15) is 5.56 Å². The molecule has 0 N–H and O–H groups in total. The van der Waals surface area contributed by atoms with Crippen LogP contribution >= 0.6 is 0 Å².